The molecule has 47 heavy (non-hydrogen) atoms. The van der Waals surface area contributed by atoms with Crippen molar-refractivity contribution >= 4 is 49.6 Å². The Kier molecular flexibility index (Phi) is 13.0. The van der Waals surface area contributed by atoms with Crippen molar-refractivity contribution in [3.63, 3.8) is 0 Å². The lowest BCUT2D eigenvalue weighted by atomic mass is 9.70. The van der Waals surface area contributed by atoms with Gasteiger partial charge in [0.25, 0.3) is 0 Å². The van der Waals surface area contributed by atoms with Gasteiger partial charge < -0.3 is 23.5 Å². The molecule has 0 saturated carbocycles. The van der Waals surface area contributed by atoms with Gasteiger partial charge in [-0.3, -0.25) is 14.7 Å². The van der Waals surface area contributed by atoms with Gasteiger partial charge in [-0.2, -0.15) is 4.39 Å². The Bertz CT molecular complexity index is 1310. The number of methoxy groups -OCH3 is 1. The minimum atomic E-state index is -1.38. The number of thioether (sulfide) groups is 1. The van der Waals surface area contributed by atoms with Crippen LogP contribution in [0.2, 0.25) is 25.7 Å². The number of halogens is 1. The number of carbonyl (C=O) groups is 2. The van der Waals surface area contributed by atoms with Crippen LogP contribution in [0.5, 0.6) is 0 Å². The summed E-state index contributed by atoms with van der Waals surface area (Å²) in [5.74, 6) is -1.93. The summed E-state index contributed by atoms with van der Waals surface area (Å²) < 4.78 is 44.1. The zero-order chi connectivity index (χ0) is 36.4. The average Bonchev–Trinajstić information content (AvgIpc) is 2.92. The molecular formula is C33H57BFN3O7SSi. The van der Waals surface area contributed by atoms with Gasteiger partial charge >= 0.3 is 19.2 Å². The Hall–Kier alpha value is -2.00. The molecule has 0 aliphatic carbocycles. The lowest BCUT2D eigenvalue weighted by molar-refractivity contribution is -0.145. The number of aliphatic imine (C=N–C) groups is 1. The Balaban J connectivity index is 2.69. The molecule has 0 saturated heterocycles. The molecule has 0 spiro atoms. The fourth-order valence-electron chi connectivity index (χ4n) is 4.54. The summed E-state index contributed by atoms with van der Waals surface area (Å²) in [4.78, 5) is 36.8. The van der Waals surface area contributed by atoms with Crippen LogP contribution in [0.3, 0.4) is 0 Å². The molecule has 1 aliphatic heterocycles. The highest BCUT2D eigenvalue weighted by atomic mass is 32.2. The molecule has 0 unspecified atom stereocenters. The highest BCUT2D eigenvalue weighted by Gasteiger charge is 2.56. The molecule has 266 valence electrons. The van der Waals surface area contributed by atoms with Gasteiger partial charge in [0, 0.05) is 44.9 Å². The lowest BCUT2D eigenvalue weighted by Gasteiger charge is -2.47. The monoisotopic (exact) mass is 697 g/mol. The Morgan fingerprint density at radius 1 is 1.11 bits per heavy atom. The Morgan fingerprint density at radius 2 is 1.70 bits per heavy atom. The predicted octanol–water partition coefficient (Wildman–Crippen LogP) is 6.84. The Morgan fingerprint density at radius 3 is 2.21 bits per heavy atom. The number of hydrogen-bond acceptors (Lipinski definition) is 10. The topological polar surface area (TPSA) is 109 Å². The molecule has 1 aliphatic rings. The van der Waals surface area contributed by atoms with E-state index in [0.717, 1.165) is 17.8 Å². The molecule has 0 aromatic carbocycles. The molecule has 1 aromatic heterocycles. The van der Waals surface area contributed by atoms with Crippen LogP contribution in [-0.4, -0.2) is 85.8 Å². The van der Waals surface area contributed by atoms with Crippen molar-refractivity contribution in [1.82, 2.24) is 9.88 Å². The SMILES string of the molecule is COC(=O)[C@@]1(C)SC(N(C)C(=O)OC(C)(C)C)=N[C@](C)(c2cc(B(OCOCC[Si](C)(C)C)OC(C)(C)C(C)(C)C)cnc2F)[C@@H]1C. The molecule has 14 heteroatoms. The van der Waals surface area contributed by atoms with Crippen molar-refractivity contribution in [2.45, 2.75) is 123 Å². The number of hydrogen-bond donors (Lipinski definition) is 0. The van der Waals surface area contributed by atoms with Gasteiger partial charge in [-0.25, -0.2) is 9.78 Å². The van der Waals surface area contributed by atoms with E-state index in [1.54, 1.807) is 40.7 Å². The van der Waals surface area contributed by atoms with E-state index in [9.17, 15) is 9.59 Å². The summed E-state index contributed by atoms with van der Waals surface area (Å²) in [6.45, 7) is 28.0. The predicted molar refractivity (Wildman–Crippen MR) is 190 cm³/mol. The molecule has 1 amide bonds. The molecule has 1 aromatic rings. The molecule has 0 fully saturated rings. The molecule has 10 nitrogen and oxygen atoms in total. The van der Waals surface area contributed by atoms with Gasteiger partial charge in [-0.05, 0) is 59.9 Å². The van der Waals surface area contributed by atoms with Gasteiger partial charge in [-0.1, -0.05) is 65.2 Å². The van der Waals surface area contributed by atoms with Gasteiger partial charge in [-0.15, -0.1) is 0 Å². The summed E-state index contributed by atoms with van der Waals surface area (Å²) in [5.41, 5.74) is -2.54. The summed E-state index contributed by atoms with van der Waals surface area (Å²) >= 11 is 1.07. The number of amides is 1. The van der Waals surface area contributed by atoms with Crippen LogP contribution in [0.4, 0.5) is 9.18 Å². The number of aromatic nitrogens is 1. The van der Waals surface area contributed by atoms with E-state index in [2.05, 4.69) is 45.4 Å². The van der Waals surface area contributed by atoms with E-state index in [1.807, 2.05) is 20.8 Å². The number of nitrogens with zero attached hydrogens (tertiary/aromatic N) is 3. The first-order valence-electron chi connectivity index (χ1n) is 16.1. The molecule has 2 rings (SSSR count). The van der Waals surface area contributed by atoms with Crippen molar-refractivity contribution < 1.29 is 37.5 Å². The second kappa shape index (κ2) is 14.9. The van der Waals surface area contributed by atoms with E-state index >= 15 is 4.39 Å². The molecule has 2 heterocycles. The maximum absolute atomic E-state index is 16.0. The van der Waals surface area contributed by atoms with Crippen LogP contribution in [0.15, 0.2) is 17.3 Å². The standard InChI is InChI=1S/C33H57BFN3O7SSi/c1-22-32(10,37-27(46-33(22,11)26(39)41-13)38(12)28(40)44-30(5,6)7)24-19-23(20-36-25(24)35)34(45-31(8,9)29(2,3)4)43-21-42-17-18-47(14,15)16/h19-20,22H,17-18,21H2,1-16H3/t22-,32-,33-/m0/s1. The minimum Gasteiger partial charge on any atom is -0.468 e. The zero-order valence-corrected chi connectivity index (χ0v) is 33.2. The van der Waals surface area contributed by atoms with E-state index < -0.39 is 60.6 Å². The lowest BCUT2D eigenvalue weighted by Crippen LogP contribution is -2.55. The summed E-state index contributed by atoms with van der Waals surface area (Å²) in [6.07, 6.45) is 0.716. The summed E-state index contributed by atoms with van der Waals surface area (Å²) in [7, 11) is 0.538. The normalized spacial score (nSPS) is 22.4. The first-order valence-corrected chi connectivity index (χ1v) is 20.6. The number of rotatable bonds is 11. The zero-order valence-electron chi connectivity index (χ0n) is 31.4. The van der Waals surface area contributed by atoms with E-state index in [4.69, 9.17) is 28.5 Å². The molecule has 0 bridgehead atoms. The second-order valence-corrected chi connectivity index (χ2v) is 23.4. The molecular weight excluding hydrogens is 640 g/mol. The summed E-state index contributed by atoms with van der Waals surface area (Å²) in [5, 5.41) is 0.172. The van der Waals surface area contributed by atoms with E-state index in [-0.39, 0.29) is 22.9 Å². The quantitative estimate of drug-likeness (QED) is 0.0808. The smallest absolute Gasteiger partial charge is 0.468 e. The van der Waals surface area contributed by atoms with Crippen LogP contribution < -0.4 is 5.46 Å². The van der Waals surface area contributed by atoms with Crippen molar-refractivity contribution in [3.8, 4) is 0 Å². The summed E-state index contributed by atoms with van der Waals surface area (Å²) in [6, 6.07) is 2.59. The third kappa shape index (κ3) is 10.3. The van der Waals surface area contributed by atoms with Gasteiger partial charge in [0.1, 0.15) is 17.1 Å². The van der Waals surface area contributed by atoms with Crippen LogP contribution in [-0.2, 0) is 33.9 Å². The van der Waals surface area contributed by atoms with E-state index in [0.29, 0.717) is 12.1 Å². The largest absolute Gasteiger partial charge is 0.497 e. The molecule has 0 radical (unpaired) electrons. The fourth-order valence-corrected chi connectivity index (χ4v) is 6.69. The van der Waals surface area contributed by atoms with Crippen molar-refractivity contribution in [3.05, 3.63) is 23.8 Å². The highest BCUT2D eigenvalue weighted by Crippen LogP contribution is 2.51. The van der Waals surface area contributed by atoms with Crippen LogP contribution in [0.25, 0.3) is 0 Å². The first-order chi connectivity index (χ1) is 21.2. The number of carbonyl (C=O) groups excluding carboxylic acids is 2. The van der Waals surface area contributed by atoms with Gasteiger partial charge in [0.2, 0.25) is 5.95 Å². The highest BCUT2D eigenvalue weighted by molar-refractivity contribution is 8.15. The van der Waals surface area contributed by atoms with Gasteiger partial charge in [0.15, 0.2) is 5.17 Å². The Labute approximate surface area is 287 Å². The maximum Gasteiger partial charge on any atom is 0.497 e. The van der Waals surface area contributed by atoms with Crippen LogP contribution in [0.1, 0.15) is 81.7 Å². The third-order valence-corrected chi connectivity index (χ3v) is 12.2. The fraction of sp³-hybridized carbons (Fsp3) is 0.758. The van der Waals surface area contributed by atoms with E-state index in [1.165, 1.54) is 25.3 Å². The number of ether oxygens (including phenoxy) is 3. The third-order valence-electron chi connectivity index (χ3n) is 9.03. The molecule has 3 atom stereocenters. The molecule has 0 N–H and O–H groups in total. The maximum atomic E-state index is 16.0. The van der Waals surface area contributed by atoms with Crippen LogP contribution in [0, 0.1) is 17.3 Å². The number of amidine groups is 1. The van der Waals surface area contributed by atoms with Crippen LogP contribution >= 0.6 is 11.8 Å². The second-order valence-electron chi connectivity index (χ2n) is 16.3. The number of pyridine rings is 1. The first kappa shape index (κ1) is 41.2. The number of esters is 1. The minimum absolute atomic E-state index is 0.0320. The van der Waals surface area contributed by atoms with Crippen molar-refractivity contribution in [1.29, 1.82) is 0 Å². The average molecular weight is 698 g/mol. The van der Waals surface area contributed by atoms with Crippen molar-refractivity contribution in [2.24, 2.45) is 16.3 Å². The van der Waals surface area contributed by atoms with Gasteiger partial charge in [0.05, 0.1) is 18.2 Å². The van der Waals surface area contributed by atoms with Crippen molar-refractivity contribution in [2.75, 3.05) is 27.6 Å².